The van der Waals surface area contributed by atoms with E-state index in [1.54, 1.807) is 17.6 Å². The Kier molecular flexibility index (Phi) is 10.4. The number of carbonyl (C=O) groups excluding carboxylic acids is 1. The molecule has 0 atom stereocenters. The minimum atomic E-state index is -0.923. The number of aliphatic carboxylic acids is 1. The molecule has 0 bridgehead atoms. The van der Waals surface area contributed by atoms with Gasteiger partial charge < -0.3 is 10.0 Å². The number of nitriles is 1. The molecule has 41 heavy (non-hydrogen) atoms. The summed E-state index contributed by atoms with van der Waals surface area (Å²) in [5.41, 5.74) is 2.25. The summed E-state index contributed by atoms with van der Waals surface area (Å²) in [7, 11) is 0. The molecule has 1 aromatic carbocycles. The topological polar surface area (TPSA) is 110 Å². The molecule has 0 aliphatic carbocycles. The first-order chi connectivity index (χ1) is 19.7. The number of piperazine rings is 1. The number of unbranched alkanes of at least 4 members (excludes halogenated alkanes) is 1. The van der Waals surface area contributed by atoms with Crippen molar-refractivity contribution in [3.05, 3.63) is 67.8 Å². The number of rotatable bonds is 11. The second kappa shape index (κ2) is 13.9. The van der Waals surface area contributed by atoms with Gasteiger partial charge in [-0.25, -0.2) is 0 Å². The average Bonchev–Trinajstić information content (AvgIpc) is 3.22. The van der Waals surface area contributed by atoms with Crippen LogP contribution in [-0.2, 0) is 22.7 Å². The highest BCUT2D eigenvalue weighted by molar-refractivity contribution is 8.26. The predicted octanol–water partition coefficient (Wildman–Crippen LogP) is 4.22. The Bertz CT molecular complexity index is 1440. The van der Waals surface area contributed by atoms with Crippen LogP contribution in [0.15, 0.2) is 40.0 Å². The van der Waals surface area contributed by atoms with Crippen molar-refractivity contribution in [2.75, 3.05) is 37.6 Å². The van der Waals surface area contributed by atoms with Gasteiger partial charge in [-0.15, -0.1) is 0 Å². The van der Waals surface area contributed by atoms with Crippen molar-refractivity contribution >= 4 is 52.1 Å². The fourth-order valence-electron chi connectivity index (χ4n) is 5.18. The molecule has 2 saturated heterocycles. The highest BCUT2D eigenvalue weighted by Crippen LogP contribution is 2.36. The fourth-order valence-corrected chi connectivity index (χ4v) is 6.47. The number of aromatic nitrogens is 1. The van der Waals surface area contributed by atoms with Gasteiger partial charge in [0.2, 0.25) is 0 Å². The SMILES string of the molecule is CCCCn1c(N2CCN(Cc3ccccc3)CC2)c(/C=C2\SC(=S)N(CCCC(=O)O)C2=O)c(C)c(C#N)c1=O. The number of benzene rings is 1. The summed E-state index contributed by atoms with van der Waals surface area (Å²) in [5.74, 6) is -0.475. The summed E-state index contributed by atoms with van der Waals surface area (Å²) in [6.45, 7) is 8.37. The summed E-state index contributed by atoms with van der Waals surface area (Å²) < 4.78 is 2.08. The van der Waals surface area contributed by atoms with Crippen LogP contribution in [-0.4, -0.2) is 68.4 Å². The number of carboxylic acid groups (broad SMARTS) is 1. The third kappa shape index (κ3) is 7.07. The molecular formula is C30H35N5O4S2. The number of pyridine rings is 1. The minimum Gasteiger partial charge on any atom is -0.481 e. The molecule has 1 amide bonds. The van der Waals surface area contributed by atoms with Crippen LogP contribution in [0.1, 0.15) is 54.9 Å². The van der Waals surface area contributed by atoms with Crippen molar-refractivity contribution in [3.63, 3.8) is 0 Å². The molecule has 9 nitrogen and oxygen atoms in total. The first-order valence-corrected chi connectivity index (χ1v) is 15.1. The maximum Gasteiger partial charge on any atom is 0.303 e. The number of carbonyl (C=O) groups is 2. The number of thioether (sulfide) groups is 1. The molecule has 2 aliphatic rings. The third-order valence-corrected chi connectivity index (χ3v) is 8.80. The quantitative estimate of drug-likeness (QED) is 0.303. The molecule has 2 aromatic rings. The molecule has 0 spiro atoms. The van der Waals surface area contributed by atoms with Gasteiger partial charge in [0, 0.05) is 57.8 Å². The van der Waals surface area contributed by atoms with Gasteiger partial charge in [0.05, 0.1) is 4.91 Å². The Hall–Kier alpha value is -3.46. The maximum atomic E-state index is 13.6. The molecule has 2 aliphatic heterocycles. The zero-order valence-corrected chi connectivity index (χ0v) is 25.1. The monoisotopic (exact) mass is 593 g/mol. The normalized spacial score (nSPS) is 17.0. The fraction of sp³-hybridized carbons (Fsp3) is 0.433. The van der Waals surface area contributed by atoms with E-state index in [1.807, 2.05) is 18.2 Å². The number of carboxylic acids is 1. The number of anilines is 1. The van der Waals surface area contributed by atoms with Gasteiger partial charge in [0.1, 0.15) is 21.8 Å². The van der Waals surface area contributed by atoms with Crippen LogP contribution in [0.3, 0.4) is 0 Å². The summed E-state index contributed by atoms with van der Waals surface area (Å²) in [4.78, 5) is 44.3. The van der Waals surface area contributed by atoms with Crippen LogP contribution >= 0.6 is 24.0 Å². The van der Waals surface area contributed by atoms with Gasteiger partial charge in [-0.2, -0.15) is 5.26 Å². The molecule has 1 N–H and O–H groups in total. The second-order valence-corrected chi connectivity index (χ2v) is 11.9. The van der Waals surface area contributed by atoms with E-state index >= 15 is 0 Å². The van der Waals surface area contributed by atoms with E-state index in [0.29, 0.717) is 46.4 Å². The van der Waals surface area contributed by atoms with E-state index in [-0.39, 0.29) is 30.0 Å². The van der Waals surface area contributed by atoms with E-state index in [4.69, 9.17) is 17.3 Å². The number of hydrogen-bond acceptors (Lipinski definition) is 8. The Morgan fingerprint density at radius 1 is 1.12 bits per heavy atom. The van der Waals surface area contributed by atoms with Crippen LogP contribution in [0, 0.1) is 18.3 Å². The van der Waals surface area contributed by atoms with Crippen molar-refractivity contribution in [1.29, 1.82) is 5.26 Å². The average molecular weight is 594 g/mol. The van der Waals surface area contributed by atoms with Gasteiger partial charge in [-0.1, -0.05) is 67.7 Å². The van der Waals surface area contributed by atoms with Gasteiger partial charge in [-0.3, -0.25) is 28.8 Å². The molecule has 3 heterocycles. The predicted molar refractivity (Wildman–Crippen MR) is 166 cm³/mol. The molecule has 0 saturated carbocycles. The molecular weight excluding hydrogens is 558 g/mol. The number of thiocarbonyl (C=S) groups is 1. The molecule has 1 aromatic heterocycles. The summed E-state index contributed by atoms with van der Waals surface area (Å²) in [6, 6.07) is 12.4. The lowest BCUT2D eigenvalue weighted by molar-refractivity contribution is -0.137. The number of nitrogens with zero attached hydrogens (tertiary/aromatic N) is 5. The lowest BCUT2D eigenvalue weighted by atomic mass is 10.0. The van der Waals surface area contributed by atoms with E-state index in [2.05, 4.69) is 34.9 Å². The maximum absolute atomic E-state index is 13.6. The zero-order chi connectivity index (χ0) is 29.5. The smallest absolute Gasteiger partial charge is 0.303 e. The molecule has 4 rings (SSSR count). The van der Waals surface area contributed by atoms with Crippen molar-refractivity contribution in [1.82, 2.24) is 14.4 Å². The molecule has 0 unspecified atom stereocenters. The lowest BCUT2D eigenvalue weighted by Crippen LogP contribution is -2.48. The van der Waals surface area contributed by atoms with Crippen molar-refractivity contribution in [2.24, 2.45) is 0 Å². The Morgan fingerprint density at radius 3 is 2.46 bits per heavy atom. The number of hydrogen-bond donors (Lipinski definition) is 1. The minimum absolute atomic E-state index is 0.0520. The van der Waals surface area contributed by atoms with Crippen LogP contribution in [0.5, 0.6) is 0 Å². The van der Waals surface area contributed by atoms with E-state index < -0.39 is 5.97 Å². The first-order valence-electron chi connectivity index (χ1n) is 13.9. The van der Waals surface area contributed by atoms with Crippen LogP contribution in [0.4, 0.5) is 5.82 Å². The van der Waals surface area contributed by atoms with Gasteiger partial charge in [0.25, 0.3) is 11.5 Å². The number of amides is 1. The van der Waals surface area contributed by atoms with Gasteiger partial charge in [0.15, 0.2) is 0 Å². The summed E-state index contributed by atoms with van der Waals surface area (Å²) >= 11 is 6.62. The molecule has 0 radical (unpaired) electrons. The zero-order valence-electron chi connectivity index (χ0n) is 23.5. The third-order valence-electron chi connectivity index (χ3n) is 7.42. The molecule has 11 heteroatoms. The van der Waals surface area contributed by atoms with Crippen molar-refractivity contribution < 1.29 is 14.7 Å². The summed E-state index contributed by atoms with van der Waals surface area (Å²) in [5, 5.41) is 18.9. The van der Waals surface area contributed by atoms with Gasteiger partial charge in [-0.05, 0) is 37.0 Å². The van der Waals surface area contributed by atoms with E-state index in [9.17, 15) is 19.6 Å². The standard InChI is InChI=1S/C30H35N5O4S2/c1-3-4-12-34-27(33-16-14-32(15-17-33)20-22-9-6-5-7-10-22)23(21(2)24(19-31)28(34)38)18-25-29(39)35(30(40)41-25)13-8-11-26(36)37/h5-7,9-10,18H,3-4,8,11-17,20H2,1-2H3,(H,36,37)/b25-18-. The second-order valence-electron chi connectivity index (χ2n) is 10.2. The highest BCUT2D eigenvalue weighted by atomic mass is 32.2. The van der Waals surface area contributed by atoms with Crippen LogP contribution in [0.25, 0.3) is 6.08 Å². The van der Waals surface area contributed by atoms with Gasteiger partial charge >= 0.3 is 5.97 Å². The van der Waals surface area contributed by atoms with Crippen molar-refractivity contribution in [3.8, 4) is 6.07 Å². The molecule has 216 valence electrons. The lowest BCUT2D eigenvalue weighted by Gasteiger charge is -2.38. The Balaban J connectivity index is 1.70. The Labute approximate surface area is 250 Å². The largest absolute Gasteiger partial charge is 0.481 e. The first kappa shape index (κ1) is 30.5. The van der Waals surface area contributed by atoms with Crippen LogP contribution in [0.2, 0.25) is 0 Å². The molecule has 2 fully saturated rings. The van der Waals surface area contributed by atoms with Crippen LogP contribution < -0.4 is 10.5 Å². The summed E-state index contributed by atoms with van der Waals surface area (Å²) in [6.07, 6.45) is 3.67. The van der Waals surface area contributed by atoms with Crippen molar-refractivity contribution in [2.45, 2.75) is 52.6 Å². The Morgan fingerprint density at radius 2 is 1.83 bits per heavy atom. The van der Waals surface area contributed by atoms with E-state index in [0.717, 1.165) is 38.3 Å². The van der Waals surface area contributed by atoms with E-state index in [1.165, 1.54) is 22.2 Å². The highest BCUT2D eigenvalue weighted by Gasteiger charge is 2.33.